The number of fused-ring (bicyclic) bond motifs is 1. The number of anilines is 1. The standard InChI is InChI=1S/C24H29FN4O5/c25-18-3-5-19(6-4-18)28-9-11-29(12-10-28)20(15-27-24(32)23(31)26-8-1-13-30)17-2-7-21-22(14-17)34-16-33-21/h2-7,14,20,30H,1,8-13,15-16H2,(H,26,31)(H,27,32)/t20-/m1/s1. The Kier molecular flexibility index (Phi) is 7.81. The molecule has 0 radical (unpaired) electrons. The third-order valence-corrected chi connectivity index (χ3v) is 6.01. The van der Waals surface area contributed by atoms with E-state index in [1.54, 1.807) is 12.1 Å². The minimum absolute atomic E-state index is 0.0576. The zero-order valence-electron chi connectivity index (χ0n) is 18.8. The largest absolute Gasteiger partial charge is 0.454 e. The van der Waals surface area contributed by atoms with Gasteiger partial charge in [-0.1, -0.05) is 6.07 Å². The molecular weight excluding hydrogens is 443 g/mol. The van der Waals surface area contributed by atoms with E-state index in [-0.39, 0.29) is 38.3 Å². The maximum absolute atomic E-state index is 13.3. The number of aliphatic hydroxyl groups excluding tert-OH is 1. The van der Waals surface area contributed by atoms with Gasteiger partial charge in [-0.05, 0) is 48.4 Å². The van der Waals surface area contributed by atoms with Crippen molar-refractivity contribution in [1.82, 2.24) is 15.5 Å². The molecule has 0 unspecified atom stereocenters. The molecule has 2 aromatic carbocycles. The fourth-order valence-electron chi connectivity index (χ4n) is 4.15. The third kappa shape index (κ3) is 5.75. The second-order valence-corrected chi connectivity index (χ2v) is 8.17. The lowest BCUT2D eigenvalue weighted by Crippen LogP contribution is -2.51. The summed E-state index contributed by atoms with van der Waals surface area (Å²) in [6, 6.07) is 12.0. The van der Waals surface area contributed by atoms with Gasteiger partial charge >= 0.3 is 11.8 Å². The van der Waals surface area contributed by atoms with Crippen molar-refractivity contribution in [2.24, 2.45) is 0 Å². The number of aliphatic hydroxyl groups is 1. The van der Waals surface area contributed by atoms with E-state index in [0.29, 0.717) is 17.9 Å². The van der Waals surface area contributed by atoms with Crippen LogP contribution in [0.2, 0.25) is 0 Å². The van der Waals surface area contributed by atoms with Crippen LogP contribution in [-0.2, 0) is 9.59 Å². The molecule has 0 aliphatic carbocycles. The van der Waals surface area contributed by atoms with Gasteiger partial charge in [0.2, 0.25) is 6.79 Å². The lowest BCUT2D eigenvalue weighted by Gasteiger charge is -2.40. The van der Waals surface area contributed by atoms with Crippen LogP contribution in [0.4, 0.5) is 10.1 Å². The van der Waals surface area contributed by atoms with E-state index in [1.807, 2.05) is 18.2 Å². The van der Waals surface area contributed by atoms with E-state index in [1.165, 1.54) is 12.1 Å². The van der Waals surface area contributed by atoms with Gasteiger partial charge in [-0.2, -0.15) is 0 Å². The van der Waals surface area contributed by atoms with Crippen molar-refractivity contribution in [2.45, 2.75) is 12.5 Å². The number of nitrogens with one attached hydrogen (secondary N) is 2. The smallest absolute Gasteiger partial charge is 0.309 e. The summed E-state index contributed by atoms with van der Waals surface area (Å²) in [5.74, 6) is -0.370. The van der Waals surface area contributed by atoms with Crippen LogP contribution in [0.15, 0.2) is 42.5 Å². The molecule has 1 saturated heterocycles. The SMILES string of the molecule is O=C(NCCCO)C(=O)NC[C@H](c1ccc2c(c1)OCO2)N1CCN(c2ccc(F)cc2)CC1. The lowest BCUT2D eigenvalue weighted by atomic mass is 10.0. The summed E-state index contributed by atoms with van der Waals surface area (Å²) in [5, 5.41) is 14.1. The van der Waals surface area contributed by atoms with Gasteiger partial charge < -0.3 is 30.1 Å². The Balaban J connectivity index is 1.43. The van der Waals surface area contributed by atoms with Crippen LogP contribution in [0, 0.1) is 5.82 Å². The Morgan fingerprint density at radius 2 is 1.68 bits per heavy atom. The third-order valence-electron chi connectivity index (χ3n) is 6.01. The molecule has 0 spiro atoms. The highest BCUT2D eigenvalue weighted by atomic mass is 19.1. The summed E-state index contributed by atoms with van der Waals surface area (Å²) in [6.07, 6.45) is 0.386. The summed E-state index contributed by atoms with van der Waals surface area (Å²) < 4.78 is 24.2. The van der Waals surface area contributed by atoms with Crippen LogP contribution in [0.1, 0.15) is 18.0 Å². The highest BCUT2D eigenvalue weighted by molar-refractivity contribution is 6.35. The predicted molar refractivity (Wildman–Crippen MR) is 123 cm³/mol. The number of hydrogen-bond acceptors (Lipinski definition) is 7. The van der Waals surface area contributed by atoms with Crippen molar-refractivity contribution in [3.8, 4) is 11.5 Å². The summed E-state index contributed by atoms with van der Waals surface area (Å²) in [5.41, 5.74) is 1.91. The normalized spacial score (nSPS) is 16.2. The first-order valence-electron chi connectivity index (χ1n) is 11.4. The van der Waals surface area contributed by atoms with Crippen LogP contribution in [0.25, 0.3) is 0 Å². The average Bonchev–Trinajstić information content (AvgIpc) is 3.33. The molecule has 2 amide bonds. The predicted octanol–water partition coefficient (Wildman–Crippen LogP) is 1.03. The molecule has 10 heteroatoms. The molecule has 0 aromatic heterocycles. The van der Waals surface area contributed by atoms with Crippen LogP contribution < -0.4 is 25.0 Å². The highest BCUT2D eigenvalue weighted by Crippen LogP contribution is 2.35. The lowest BCUT2D eigenvalue weighted by molar-refractivity contribution is -0.139. The Bertz CT molecular complexity index is 995. The number of amides is 2. The second-order valence-electron chi connectivity index (χ2n) is 8.17. The fraction of sp³-hybridized carbons (Fsp3) is 0.417. The number of carbonyl (C=O) groups excluding carboxylic acids is 2. The van der Waals surface area contributed by atoms with E-state index in [0.717, 1.165) is 37.4 Å². The molecule has 1 atom stereocenters. The molecule has 1 fully saturated rings. The number of hydrogen-bond donors (Lipinski definition) is 3. The Morgan fingerprint density at radius 3 is 2.41 bits per heavy atom. The minimum atomic E-state index is -0.723. The van der Waals surface area contributed by atoms with Gasteiger partial charge in [0.25, 0.3) is 0 Å². The molecule has 34 heavy (non-hydrogen) atoms. The number of halogens is 1. The van der Waals surface area contributed by atoms with Crippen LogP contribution in [0.3, 0.4) is 0 Å². The number of rotatable bonds is 8. The Labute approximate surface area is 197 Å². The molecule has 0 bridgehead atoms. The first-order valence-corrected chi connectivity index (χ1v) is 11.4. The van der Waals surface area contributed by atoms with Gasteiger partial charge in [0, 0.05) is 51.6 Å². The molecular formula is C24H29FN4O5. The quantitative estimate of drug-likeness (QED) is 0.390. The van der Waals surface area contributed by atoms with Gasteiger partial charge in [-0.3, -0.25) is 14.5 Å². The van der Waals surface area contributed by atoms with Crippen LogP contribution in [-0.4, -0.2) is 74.5 Å². The summed E-state index contributed by atoms with van der Waals surface area (Å²) in [6.45, 7) is 3.50. The van der Waals surface area contributed by atoms with Gasteiger partial charge in [0.15, 0.2) is 11.5 Å². The van der Waals surface area contributed by atoms with Crippen LogP contribution in [0.5, 0.6) is 11.5 Å². The van der Waals surface area contributed by atoms with E-state index >= 15 is 0 Å². The van der Waals surface area contributed by atoms with Crippen molar-refractivity contribution < 1.29 is 28.6 Å². The number of benzene rings is 2. The van der Waals surface area contributed by atoms with Gasteiger partial charge in [0.05, 0.1) is 6.04 Å². The summed E-state index contributed by atoms with van der Waals surface area (Å²) in [7, 11) is 0. The van der Waals surface area contributed by atoms with Gasteiger partial charge in [-0.25, -0.2) is 4.39 Å². The summed E-state index contributed by atoms with van der Waals surface area (Å²) >= 11 is 0. The number of carbonyl (C=O) groups is 2. The number of piperazine rings is 1. The van der Waals surface area contributed by atoms with E-state index in [9.17, 15) is 14.0 Å². The van der Waals surface area contributed by atoms with Crippen molar-refractivity contribution in [2.75, 3.05) is 57.6 Å². The van der Waals surface area contributed by atoms with Gasteiger partial charge in [-0.15, -0.1) is 0 Å². The fourth-order valence-corrected chi connectivity index (χ4v) is 4.15. The molecule has 4 rings (SSSR count). The van der Waals surface area contributed by atoms with E-state index in [4.69, 9.17) is 14.6 Å². The van der Waals surface area contributed by atoms with Crippen LogP contribution >= 0.6 is 0 Å². The van der Waals surface area contributed by atoms with Crippen molar-refractivity contribution in [3.05, 3.63) is 53.8 Å². The summed E-state index contributed by atoms with van der Waals surface area (Å²) in [4.78, 5) is 28.8. The van der Waals surface area contributed by atoms with E-state index < -0.39 is 11.8 Å². The molecule has 2 aliphatic rings. The second kappa shape index (κ2) is 11.2. The van der Waals surface area contributed by atoms with Crippen molar-refractivity contribution >= 4 is 17.5 Å². The minimum Gasteiger partial charge on any atom is -0.454 e. The molecule has 2 aliphatic heterocycles. The monoisotopic (exact) mass is 472 g/mol. The van der Waals surface area contributed by atoms with Crippen molar-refractivity contribution in [1.29, 1.82) is 0 Å². The molecule has 182 valence electrons. The molecule has 2 aromatic rings. The maximum Gasteiger partial charge on any atom is 0.309 e. The Hall–Kier alpha value is -3.37. The number of ether oxygens (including phenoxy) is 2. The highest BCUT2D eigenvalue weighted by Gasteiger charge is 2.28. The topological polar surface area (TPSA) is 103 Å². The van der Waals surface area contributed by atoms with Crippen molar-refractivity contribution in [3.63, 3.8) is 0 Å². The number of nitrogens with zero attached hydrogens (tertiary/aromatic N) is 2. The Morgan fingerprint density at radius 1 is 0.971 bits per heavy atom. The molecule has 0 saturated carbocycles. The van der Waals surface area contributed by atoms with Gasteiger partial charge in [0.1, 0.15) is 5.82 Å². The first kappa shape index (κ1) is 23.8. The zero-order chi connectivity index (χ0) is 23.9. The molecule has 2 heterocycles. The molecule has 3 N–H and O–H groups in total. The maximum atomic E-state index is 13.3. The molecule has 9 nitrogen and oxygen atoms in total. The zero-order valence-corrected chi connectivity index (χ0v) is 18.8. The first-order chi connectivity index (χ1) is 16.5. The average molecular weight is 473 g/mol. The van der Waals surface area contributed by atoms with E-state index in [2.05, 4.69) is 20.4 Å².